The van der Waals surface area contributed by atoms with Crippen molar-refractivity contribution in [3.8, 4) is 0 Å². The Morgan fingerprint density at radius 2 is 1.63 bits per heavy atom. The van der Waals surface area contributed by atoms with Crippen molar-refractivity contribution in [2.75, 3.05) is 10.8 Å². The molecule has 0 aliphatic heterocycles. The van der Waals surface area contributed by atoms with Gasteiger partial charge in [-0.3, -0.25) is 13.9 Å². The molecule has 1 N–H and O–H groups in total. The number of hydrogen-bond donors (Lipinski definition) is 1. The van der Waals surface area contributed by atoms with Crippen molar-refractivity contribution >= 4 is 66.7 Å². The van der Waals surface area contributed by atoms with Crippen LogP contribution in [0.3, 0.4) is 0 Å². The summed E-state index contributed by atoms with van der Waals surface area (Å²) in [5.74, 6) is -0.825. The van der Waals surface area contributed by atoms with E-state index in [1.54, 1.807) is 25.1 Å². The van der Waals surface area contributed by atoms with Gasteiger partial charge in [0.05, 0.1) is 15.6 Å². The van der Waals surface area contributed by atoms with Crippen molar-refractivity contribution in [2.24, 2.45) is 0 Å². The second-order valence-electron chi connectivity index (χ2n) is 10.1. The lowest BCUT2D eigenvalue weighted by molar-refractivity contribution is -0.139. The van der Waals surface area contributed by atoms with Crippen LogP contribution in [-0.2, 0) is 26.2 Å². The predicted molar refractivity (Wildman–Crippen MR) is 167 cm³/mol. The standard InChI is InChI=1S/C30H32BrCl2N3O4S/c1-21(30(38)34-25-8-4-2-5-9-25)35(19-22-12-14-23(31)15-13-22)29(37)20-36(28-17-16-24(32)18-27(28)33)41(39,40)26-10-6-3-7-11-26/h3,6-7,10-18,21,25H,2,4-5,8-9,19-20H2,1H3,(H,34,38)/t21-/m0/s1. The number of rotatable bonds is 10. The first-order valence-electron chi connectivity index (χ1n) is 13.4. The highest BCUT2D eigenvalue weighted by Gasteiger charge is 2.34. The molecule has 3 aromatic rings. The maximum atomic E-state index is 14.1. The van der Waals surface area contributed by atoms with E-state index in [9.17, 15) is 18.0 Å². The van der Waals surface area contributed by atoms with Crippen molar-refractivity contribution in [1.29, 1.82) is 0 Å². The van der Waals surface area contributed by atoms with Crippen molar-refractivity contribution in [2.45, 2.75) is 62.6 Å². The SMILES string of the molecule is C[C@@H](C(=O)NC1CCCCC1)N(Cc1ccc(Br)cc1)C(=O)CN(c1ccc(Cl)cc1Cl)S(=O)(=O)c1ccccc1. The average molecular weight is 681 g/mol. The molecule has 1 atom stereocenters. The number of carbonyl (C=O) groups is 2. The molecule has 1 saturated carbocycles. The molecule has 41 heavy (non-hydrogen) atoms. The second-order valence-corrected chi connectivity index (χ2v) is 13.7. The van der Waals surface area contributed by atoms with Crippen LogP contribution in [0.4, 0.5) is 5.69 Å². The van der Waals surface area contributed by atoms with E-state index in [1.807, 2.05) is 24.3 Å². The number of nitrogens with one attached hydrogen (secondary N) is 1. The zero-order valence-corrected chi connectivity index (χ0v) is 26.5. The van der Waals surface area contributed by atoms with Gasteiger partial charge in [-0.15, -0.1) is 0 Å². The minimum atomic E-state index is -4.21. The van der Waals surface area contributed by atoms with Gasteiger partial charge in [0.1, 0.15) is 12.6 Å². The van der Waals surface area contributed by atoms with Crippen LogP contribution in [0.5, 0.6) is 0 Å². The molecule has 4 rings (SSSR count). The lowest BCUT2D eigenvalue weighted by Crippen LogP contribution is -2.53. The molecule has 0 unspecified atom stereocenters. The van der Waals surface area contributed by atoms with Gasteiger partial charge in [0.15, 0.2) is 0 Å². The topological polar surface area (TPSA) is 86.8 Å². The van der Waals surface area contributed by atoms with Crippen LogP contribution >= 0.6 is 39.1 Å². The van der Waals surface area contributed by atoms with Crippen LogP contribution in [0.2, 0.25) is 10.0 Å². The van der Waals surface area contributed by atoms with Crippen molar-refractivity contribution in [3.63, 3.8) is 0 Å². The molecule has 0 saturated heterocycles. The van der Waals surface area contributed by atoms with Crippen molar-refractivity contribution in [3.05, 3.63) is 92.9 Å². The lowest BCUT2D eigenvalue weighted by atomic mass is 9.95. The molecular weight excluding hydrogens is 649 g/mol. The highest BCUT2D eigenvalue weighted by atomic mass is 79.9. The van der Waals surface area contributed by atoms with Crippen molar-refractivity contribution < 1.29 is 18.0 Å². The Balaban J connectivity index is 1.69. The third-order valence-corrected chi connectivity index (χ3v) is 10.0. The van der Waals surface area contributed by atoms with Crippen LogP contribution < -0.4 is 9.62 Å². The number of sulfonamides is 1. The molecular formula is C30H32BrCl2N3O4S. The van der Waals surface area contributed by atoms with E-state index in [0.717, 1.165) is 46.4 Å². The van der Waals surface area contributed by atoms with Gasteiger partial charge in [-0.05, 0) is 67.8 Å². The molecule has 1 fully saturated rings. The molecule has 1 aliphatic rings. The number of benzene rings is 3. The molecule has 0 heterocycles. The van der Waals surface area contributed by atoms with Gasteiger partial charge in [0.25, 0.3) is 10.0 Å². The molecule has 0 bridgehead atoms. The van der Waals surface area contributed by atoms with E-state index in [-0.39, 0.29) is 34.1 Å². The van der Waals surface area contributed by atoms with E-state index in [4.69, 9.17) is 23.2 Å². The number of nitrogens with zero attached hydrogens (tertiary/aromatic N) is 2. The molecule has 3 aromatic carbocycles. The summed E-state index contributed by atoms with van der Waals surface area (Å²) < 4.78 is 29.6. The van der Waals surface area contributed by atoms with Gasteiger partial charge >= 0.3 is 0 Å². The smallest absolute Gasteiger partial charge is 0.264 e. The van der Waals surface area contributed by atoms with Crippen molar-refractivity contribution in [1.82, 2.24) is 10.2 Å². The van der Waals surface area contributed by atoms with Gasteiger partial charge in [-0.25, -0.2) is 8.42 Å². The molecule has 0 aromatic heterocycles. The average Bonchev–Trinajstić information content (AvgIpc) is 2.96. The number of carbonyl (C=O) groups excluding carboxylic acids is 2. The van der Waals surface area contributed by atoms with E-state index in [2.05, 4.69) is 21.2 Å². The third kappa shape index (κ3) is 8.03. The highest BCUT2D eigenvalue weighted by Crippen LogP contribution is 2.33. The maximum absolute atomic E-state index is 14.1. The Bertz CT molecular complexity index is 1470. The number of hydrogen-bond acceptors (Lipinski definition) is 4. The minimum Gasteiger partial charge on any atom is -0.352 e. The number of halogens is 3. The lowest BCUT2D eigenvalue weighted by Gasteiger charge is -2.33. The van der Waals surface area contributed by atoms with E-state index >= 15 is 0 Å². The molecule has 2 amide bonds. The summed E-state index contributed by atoms with van der Waals surface area (Å²) in [5, 5.41) is 3.50. The Morgan fingerprint density at radius 1 is 0.976 bits per heavy atom. The predicted octanol–water partition coefficient (Wildman–Crippen LogP) is 6.82. The Labute approximate surface area is 260 Å². The highest BCUT2D eigenvalue weighted by molar-refractivity contribution is 9.10. The summed E-state index contributed by atoms with van der Waals surface area (Å²) >= 11 is 16.0. The van der Waals surface area contributed by atoms with Gasteiger partial charge in [-0.1, -0.05) is 88.7 Å². The zero-order valence-electron chi connectivity index (χ0n) is 22.6. The van der Waals surface area contributed by atoms with E-state index in [0.29, 0.717) is 5.02 Å². The van der Waals surface area contributed by atoms with Crippen LogP contribution in [0.15, 0.2) is 82.2 Å². The summed E-state index contributed by atoms with van der Waals surface area (Å²) in [6.07, 6.45) is 5.05. The summed E-state index contributed by atoms with van der Waals surface area (Å²) in [6, 6.07) is 18.9. The van der Waals surface area contributed by atoms with Crippen LogP contribution in [0, 0.1) is 0 Å². The van der Waals surface area contributed by atoms with Gasteiger partial charge in [-0.2, -0.15) is 0 Å². The zero-order chi connectivity index (χ0) is 29.6. The van der Waals surface area contributed by atoms with Crippen LogP contribution in [0.25, 0.3) is 0 Å². The third-order valence-electron chi connectivity index (χ3n) is 7.17. The summed E-state index contributed by atoms with van der Waals surface area (Å²) in [5.41, 5.74) is 0.900. The van der Waals surface area contributed by atoms with Crippen LogP contribution in [-0.4, -0.2) is 43.8 Å². The number of anilines is 1. The van der Waals surface area contributed by atoms with E-state index in [1.165, 1.54) is 35.2 Å². The summed E-state index contributed by atoms with van der Waals surface area (Å²) in [7, 11) is -4.21. The Hall–Kier alpha value is -2.59. The van der Waals surface area contributed by atoms with Gasteiger partial charge in [0, 0.05) is 22.1 Å². The van der Waals surface area contributed by atoms with Crippen LogP contribution in [0.1, 0.15) is 44.6 Å². The first-order valence-corrected chi connectivity index (χ1v) is 16.4. The fourth-order valence-electron chi connectivity index (χ4n) is 4.85. The molecule has 7 nitrogen and oxygen atoms in total. The van der Waals surface area contributed by atoms with Gasteiger partial charge < -0.3 is 10.2 Å². The first kappa shape index (κ1) is 31.3. The quantitative estimate of drug-likeness (QED) is 0.255. The molecule has 0 radical (unpaired) electrons. The molecule has 0 spiro atoms. The van der Waals surface area contributed by atoms with Gasteiger partial charge in [0.2, 0.25) is 11.8 Å². The number of amides is 2. The normalized spacial score (nSPS) is 14.7. The Kier molecular flexibility index (Phi) is 10.7. The Morgan fingerprint density at radius 3 is 2.27 bits per heavy atom. The summed E-state index contributed by atoms with van der Waals surface area (Å²) in [6.45, 7) is 1.20. The monoisotopic (exact) mass is 679 g/mol. The minimum absolute atomic E-state index is 0.00127. The fourth-order valence-corrected chi connectivity index (χ4v) is 7.13. The maximum Gasteiger partial charge on any atom is 0.264 e. The fraction of sp³-hybridized carbons (Fsp3) is 0.333. The molecule has 1 aliphatic carbocycles. The van der Waals surface area contributed by atoms with E-state index < -0.39 is 28.5 Å². The second kappa shape index (κ2) is 14.1. The molecule has 218 valence electrons. The molecule has 11 heteroatoms. The summed E-state index contributed by atoms with van der Waals surface area (Å²) in [4.78, 5) is 28.9. The first-order chi connectivity index (χ1) is 19.6. The largest absolute Gasteiger partial charge is 0.352 e.